The van der Waals surface area contributed by atoms with E-state index in [0.717, 1.165) is 11.1 Å². The lowest BCUT2D eigenvalue weighted by Crippen LogP contribution is -2.12. The molecule has 1 aromatic heterocycles. The number of hydrogen-bond donors (Lipinski definition) is 3. The van der Waals surface area contributed by atoms with Crippen LogP contribution >= 0.6 is 0 Å². The largest absolute Gasteiger partial charge is 0.366 e. The summed E-state index contributed by atoms with van der Waals surface area (Å²) in [5.41, 5.74) is 5.61. The molecule has 2 aromatic rings. The molecule has 6 heteroatoms. The number of nitrogens with zero attached hydrogens (tertiary/aromatic N) is 2. The zero-order chi connectivity index (χ0) is 14.7. The van der Waals surface area contributed by atoms with Gasteiger partial charge in [-0.2, -0.15) is 4.98 Å². The maximum Gasteiger partial charge on any atom is 0.239 e. The Morgan fingerprint density at radius 2 is 1.80 bits per heavy atom. The van der Waals surface area contributed by atoms with Gasteiger partial charge in [0, 0.05) is 18.3 Å². The standard InChI is InChI=1S/C14H18FN5/c1-8-4-11(5-9(2)12(8)15)7-17-13-10(3)6-18-14(19-13)20-16/h4-6H,7,16H2,1-3H3,(H2,17,18,19,20). The van der Waals surface area contributed by atoms with Crippen LogP contribution in [0.5, 0.6) is 0 Å². The maximum absolute atomic E-state index is 13.6. The quantitative estimate of drug-likeness (QED) is 0.590. The van der Waals surface area contributed by atoms with Crippen LogP contribution in [0.2, 0.25) is 0 Å². The summed E-state index contributed by atoms with van der Waals surface area (Å²) in [5.74, 6) is 6.19. The number of hydrazine groups is 1. The van der Waals surface area contributed by atoms with E-state index in [1.54, 1.807) is 20.0 Å². The number of nitrogens with one attached hydrogen (secondary N) is 2. The summed E-state index contributed by atoms with van der Waals surface area (Å²) in [6, 6.07) is 3.65. The Morgan fingerprint density at radius 1 is 1.15 bits per heavy atom. The van der Waals surface area contributed by atoms with Gasteiger partial charge in [-0.15, -0.1) is 0 Å². The highest BCUT2D eigenvalue weighted by atomic mass is 19.1. The van der Waals surface area contributed by atoms with Gasteiger partial charge in [-0.25, -0.2) is 15.2 Å². The number of rotatable bonds is 4. The van der Waals surface area contributed by atoms with Crippen LogP contribution in [-0.4, -0.2) is 9.97 Å². The van der Waals surface area contributed by atoms with Gasteiger partial charge in [-0.1, -0.05) is 12.1 Å². The Hall–Kier alpha value is -2.21. The smallest absolute Gasteiger partial charge is 0.239 e. The second-order valence-corrected chi connectivity index (χ2v) is 4.77. The summed E-state index contributed by atoms with van der Waals surface area (Å²) in [7, 11) is 0. The molecule has 0 amide bonds. The lowest BCUT2D eigenvalue weighted by atomic mass is 10.1. The van der Waals surface area contributed by atoms with E-state index in [9.17, 15) is 4.39 Å². The molecule has 0 fully saturated rings. The van der Waals surface area contributed by atoms with Gasteiger partial charge in [0.15, 0.2) is 0 Å². The molecule has 0 atom stereocenters. The zero-order valence-electron chi connectivity index (χ0n) is 11.8. The number of halogens is 1. The van der Waals surface area contributed by atoms with Gasteiger partial charge >= 0.3 is 0 Å². The summed E-state index contributed by atoms with van der Waals surface area (Å²) < 4.78 is 13.6. The molecule has 1 aromatic carbocycles. The number of nitrogen functional groups attached to an aromatic ring is 1. The normalized spacial score (nSPS) is 10.4. The summed E-state index contributed by atoms with van der Waals surface area (Å²) in [4.78, 5) is 8.25. The van der Waals surface area contributed by atoms with Crippen LogP contribution in [0.15, 0.2) is 18.3 Å². The molecule has 0 saturated heterocycles. The number of aromatic nitrogens is 2. The van der Waals surface area contributed by atoms with Crippen LogP contribution in [0.1, 0.15) is 22.3 Å². The SMILES string of the molecule is Cc1cnc(NN)nc1NCc1cc(C)c(F)c(C)c1. The van der Waals surface area contributed by atoms with Crippen molar-refractivity contribution in [3.63, 3.8) is 0 Å². The first kappa shape index (κ1) is 14.2. The van der Waals surface area contributed by atoms with E-state index < -0.39 is 0 Å². The Kier molecular flexibility index (Phi) is 4.14. The van der Waals surface area contributed by atoms with Gasteiger partial charge in [0.1, 0.15) is 11.6 Å². The van der Waals surface area contributed by atoms with Gasteiger partial charge in [0.2, 0.25) is 5.95 Å². The fraction of sp³-hybridized carbons (Fsp3) is 0.286. The van der Waals surface area contributed by atoms with Crippen LogP contribution in [0.3, 0.4) is 0 Å². The Balaban J connectivity index is 2.16. The molecule has 0 saturated carbocycles. The van der Waals surface area contributed by atoms with Gasteiger partial charge < -0.3 is 5.32 Å². The second-order valence-electron chi connectivity index (χ2n) is 4.77. The highest BCUT2D eigenvalue weighted by Crippen LogP contribution is 2.17. The van der Waals surface area contributed by atoms with Crippen LogP contribution in [0, 0.1) is 26.6 Å². The molecule has 0 radical (unpaired) electrons. The fourth-order valence-electron chi connectivity index (χ4n) is 2.01. The lowest BCUT2D eigenvalue weighted by molar-refractivity contribution is 0.608. The fourth-order valence-corrected chi connectivity index (χ4v) is 2.01. The molecule has 0 aliphatic carbocycles. The molecule has 4 N–H and O–H groups in total. The van der Waals surface area contributed by atoms with Gasteiger partial charge in [0.05, 0.1) is 0 Å². The highest BCUT2D eigenvalue weighted by molar-refractivity contribution is 5.46. The van der Waals surface area contributed by atoms with Crippen molar-refractivity contribution in [1.29, 1.82) is 0 Å². The number of nitrogens with two attached hydrogens (primary N) is 1. The van der Waals surface area contributed by atoms with Crippen molar-refractivity contribution >= 4 is 11.8 Å². The number of benzene rings is 1. The number of anilines is 2. The van der Waals surface area contributed by atoms with Gasteiger partial charge in [0.25, 0.3) is 0 Å². The van der Waals surface area contributed by atoms with E-state index in [-0.39, 0.29) is 5.82 Å². The Bertz CT molecular complexity index is 604. The maximum atomic E-state index is 13.6. The summed E-state index contributed by atoms with van der Waals surface area (Å²) in [5, 5.41) is 3.21. The Morgan fingerprint density at radius 3 is 2.40 bits per heavy atom. The minimum atomic E-state index is -0.151. The van der Waals surface area contributed by atoms with Crippen molar-refractivity contribution < 1.29 is 4.39 Å². The molecule has 5 nitrogen and oxygen atoms in total. The highest BCUT2D eigenvalue weighted by Gasteiger charge is 2.06. The van der Waals surface area contributed by atoms with Crippen molar-refractivity contribution in [1.82, 2.24) is 9.97 Å². The molecule has 2 rings (SSSR count). The molecule has 0 spiro atoms. The summed E-state index contributed by atoms with van der Waals surface area (Å²) >= 11 is 0. The Labute approximate surface area is 117 Å². The molecular weight excluding hydrogens is 257 g/mol. The van der Waals surface area contributed by atoms with E-state index in [0.29, 0.717) is 29.4 Å². The second kappa shape index (κ2) is 5.83. The average Bonchev–Trinajstić information content (AvgIpc) is 2.43. The number of hydrogen-bond acceptors (Lipinski definition) is 5. The number of aryl methyl sites for hydroxylation is 3. The van der Waals surface area contributed by atoms with Crippen LogP contribution in [-0.2, 0) is 6.54 Å². The van der Waals surface area contributed by atoms with Gasteiger partial charge in [-0.05, 0) is 37.5 Å². The molecule has 0 unspecified atom stereocenters. The lowest BCUT2D eigenvalue weighted by Gasteiger charge is -2.11. The van der Waals surface area contributed by atoms with E-state index in [4.69, 9.17) is 5.84 Å². The van der Waals surface area contributed by atoms with E-state index in [2.05, 4.69) is 20.7 Å². The molecule has 106 valence electrons. The summed E-state index contributed by atoms with van der Waals surface area (Å²) in [6.07, 6.45) is 1.69. The minimum Gasteiger partial charge on any atom is -0.366 e. The van der Waals surface area contributed by atoms with Crippen molar-refractivity contribution in [3.8, 4) is 0 Å². The molecule has 0 aliphatic heterocycles. The molecule has 1 heterocycles. The molecular formula is C14H18FN5. The molecule has 20 heavy (non-hydrogen) atoms. The molecule has 0 aliphatic rings. The third-order valence-corrected chi connectivity index (χ3v) is 3.06. The molecule has 0 bridgehead atoms. The van der Waals surface area contributed by atoms with Crippen molar-refractivity contribution in [2.45, 2.75) is 27.3 Å². The predicted molar refractivity (Wildman–Crippen MR) is 77.8 cm³/mol. The average molecular weight is 275 g/mol. The monoisotopic (exact) mass is 275 g/mol. The zero-order valence-corrected chi connectivity index (χ0v) is 11.8. The summed E-state index contributed by atoms with van der Waals surface area (Å²) in [6.45, 7) is 5.99. The third kappa shape index (κ3) is 3.03. The minimum absolute atomic E-state index is 0.151. The van der Waals surface area contributed by atoms with Crippen LogP contribution < -0.4 is 16.6 Å². The van der Waals surface area contributed by atoms with E-state index >= 15 is 0 Å². The van der Waals surface area contributed by atoms with Crippen molar-refractivity contribution in [3.05, 3.63) is 46.4 Å². The van der Waals surface area contributed by atoms with Crippen LogP contribution in [0.4, 0.5) is 16.2 Å². The first-order chi connectivity index (χ1) is 9.51. The predicted octanol–water partition coefficient (Wildman–Crippen LogP) is 2.44. The first-order valence-corrected chi connectivity index (χ1v) is 6.31. The van der Waals surface area contributed by atoms with Gasteiger partial charge in [-0.3, -0.25) is 5.43 Å². The van der Waals surface area contributed by atoms with Crippen molar-refractivity contribution in [2.24, 2.45) is 5.84 Å². The van der Waals surface area contributed by atoms with Crippen molar-refractivity contribution in [2.75, 3.05) is 10.7 Å². The first-order valence-electron chi connectivity index (χ1n) is 6.31. The van der Waals surface area contributed by atoms with E-state index in [1.165, 1.54) is 0 Å². The third-order valence-electron chi connectivity index (χ3n) is 3.06. The van der Waals surface area contributed by atoms with E-state index in [1.807, 2.05) is 19.1 Å². The van der Waals surface area contributed by atoms with Crippen LogP contribution in [0.25, 0.3) is 0 Å². The topological polar surface area (TPSA) is 75.9 Å².